The highest BCUT2D eigenvalue weighted by atomic mass is 16.5. The average molecular weight is 339 g/mol. The van der Waals surface area contributed by atoms with Crippen molar-refractivity contribution in [3.63, 3.8) is 0 Å². The number of ketones is 1. The Bertz CT molecular complexity index is 857. The van der Waals surface area contributed by atoms with Crippen LogP contribution in [0.4, 0.5) is 0 Å². The molecule has 128 valence electrons. The summed E-state index contributed by atoms with van der Waals surface area (Å²) in [5.41, 5.74) is 6.24. The number of primary amides is 1. The largest absolute Gasteiger partial charge is 0.493 e. The van der Waals surface area contributed by atoms with E-state index in [1.54, 1.807) is 24.3 Å². The number of ether oxygens (including phenoxy) is 3. The van der Waals surface area contributed by atoms with E-state index in [1.165, 1.54) is 0 Å². The number of carbonyl (C=O) groups excluding carboxylic acids is 2. The van der Waals surface area contributed by atoms with Crippen molar-refractivity contribution in [3.05, 3.63) is 59.4 Å². The predicted octanol–water partition coefficient (Wildman–Crippen LogP) is 2.57. The molecule has 6 heteroatoms. The Morgan fingerprint density at radius 2 is 2.00 bits per heavy atom. The van der Waals surface area contributed by atoms with Crippen molar-refractivity contribution >= 4 is 17.8 Å². The SMILES string of the molecule is CCOc1ccccc1/C=C1\Oc2cc(OCC(N)=O)ccc2C1=O. The zero-order valence-electron chi connectivity index (χ0n) is 13.7. The van der Waals surface area contributed by atoms with Gasteiger partial charge in [0, 0.05) is 11.6 Å². The number of nitrogens with two attached hydrogens (primary N) is 1. The van der Waals surface area contributed by atoms with Gasteiger partial charge in [-0.1, -0.05) is 18.2 Å². The van der Waals surface area contributed by atoms with Gasteiger partial charge in [-0.05, 0) is 31.2 Å². The third kappa shape index (κ3) is 3.63. The third-order valence-electron chi connectivity index (χ3n) is 3.53. The molecule has 0 radical (unpaired) electrons. The molecule has 0 spiro atoms. The van der Waals surface area contributed by atoms with Gasteiger partial charge in [0.05, 0.1) is 12.2 Å². The molecule has 2 N–H and O–H groups in total. The van der Waals surface area contributed by atoms with Gasteiger partial charge in [-0.2, -0.15) is 0 Å². The topological polar surface area (TPSA) is 87.8 Å². The maximum Gasteiger partial charge on any atom is 0.255 e. The van der Waals surface area contributed by atoms with Crippen LogP contribution >= 0.6 is 0 Å². The summed E-state index contributed by atoms with van der Waals surface area (Å²) < 4.78 is 16.4. The molecule has 6 nitrogen and oxygen atoms in total. The first-order chi connectivity index (χ1) is 12.1. The molecule has 1 aliphatic rings. The molecule has 0 bridgehead atoms. The standard InChI is InChI=1S/C19H17NO5/c1-2-23-15-6-4-3-5-12(15)9-17-19(22)14-8-7-13(10-16(14)25-17)24-11-18(20)21/h3-10H,2,11H2,1H3,(H2,20,21)/b17-9-. The number of fused-ring (bicyclic) bond motifs is 1. The molecular weight excluding hydrogens is 322 g/mol. The Morgan fingerprint density at radius 1 is 1.20 bits per heavy atom. The second kappa shape index (κ2) is 7.09. The number of hydrogen-bond acceptors (Lipinski definition) is 5. The first-order valence-electron chi connectivity index (χ1n) is 7.79. The monoisotopic (exact) mass is 339 g/mol. The van der Waals surface area contributed by atoms with E-state index in [0.717, 1.165) is 5.56 Å². The molecule has 2 aromatic carbocycles. The summed E-state index contributed by atoms with van der Waals surface area (Å²) in [4.78, 5) is 23.3. The Morgan fingerprint density at radius 3 is 2.76 bits per heavy atom. The molecule has 0 unspecified atom stereocenters. The molecular formula is C19H17NO5. The molecule has 1 aliphatic heterocycles. The normalized spacial score (nSPS) is 14.1. The number of amides is 1. The van der Waals surface area contributed by atoms with Crippen molar-refractivity contribution in [2.75, 3.05) is 13.2 Å². The Labute approximate surface area is 144 Å². The van der Waals surface area contributed by atoms with Crippen LogP contribution in [0.5, 0.6) is 17.2 Å². The Hall–Kier alpha value is -3.28. The van der Waals surface area contributed by atoms with Gasteiger partial charge in [0.15, 0.2) is 12.4 Å². The molecule has 0 fully saturated rings. The summed E-state index contributed by atoms with van der Waals surface area (Å²) in [6, 6.07) is 12.2. The molecule has 0 saturated carbocycles. The van der Waals surface area contributed by atoms with Crippen LogP contribution in [0, 0.1) is 0 Å². The van der Waals surface area contributed by atoms with Gasteiger partial charge < -0.3 is 19.9 Å². The van der Waals surface area contributed by atoms with Crippen molar-refractivity contribution in [2.24, 2.45) is 5.73 Å². The first-order valence-corrected chi connectivity index (χ1v) is 7.79. The van der Waals surface area contributed by atoms with Gasteiger partial charge >= 0.3 is 0 Å². The fraction of sp³-hybridized carbons (Fsp3) is 0.158. The summed E-state index contributed by atoms with van der Waals surface area (Å²) in [6.45, 7) is 2.18. The molecule has 3 rings (SSSR count). The zero-order chi connectivity index (χ0) is 17.8. The summed E-state index contributed by atoms with van der Waals surface area (Å²) in [6.07, 6.45) is 1.65. The maximum absolute atomic E-state index is 12.5. The van der Waals surface area contributed by atoms with Crippen LogP contribution in [0.25, 0.3) is 6.08 Å². The second-order valence-corrected chi connectivity index (χ2v) is 5.32. The lowest BCUT2D eigenvalue weighted by atomic mass is 10.1. The highest BCUT2D eigenvalue weighted by molar-refractivity contribution is 6.14. The molecule has 0 aliphatic carbocycles. The molecule has 0 aromatic heterocycles. The minimum absolute atomic E-state index is 0.203. The first kappa shape index (κ1) is 16.6. The van der Waals surface area contributed by atoms with Crippen LogP contribution in [0.1, 0.15) is 22.8 Å². The van der Waals surface area contributed by atoms with Crippen molar-refractivity contribution < 1.29 is 23.8 Å². The quantitative estimate of drug-likeness (QED) is 0.817. The van der Waals surface area contributed by atoms with Crippen LogP contribution in [-0.2, 0) is 4.79 Å². The summed E-state index contributed by atoms with van der Waals surface area (Å²) in [5.74, 6) is 0.867. The van der Waals surface area contributed by atoms with Crippen LogP contribution in [0.15, 0.2) is 48.2 Å². The van der Waals surface area contributed by atoms with Gasteiger partial charge in [0.2, 0.25) is 5.78 Å². The average Bonchev–Trinajstić information content (AvgIpc) is 2.90. The van der Waals surface area contributed by atoms with Crippen molar-refractivity contribution in [2.45, 2.75) is 6.92 Å². The number of para-hydroxylation sites is 1. The van der Waals surface area contributed by atoms with Gasteiger partial charge in [0.1, 0.15) is 17.2 Å². The minimum Gasteiger partial charge on any atom is -0.493 e. The maximum atomic E-state index is 12.5. The number of Topliss-reactive ketones (excluding diaryl/α,β-unsaturated/α-hetero) is 1. The minimum atomic E-state index is -0.578. The lowest BCUT2D eigenvalue weighted by Gasteiger charge is -2.07. The van der Waals surface area contributed by atoms with E-state index >= 15 is 0 Å². The van der Waals surface area contributed by atoms with Crippen LogP contribution in [0.3, 0.4) is 0 Å². The van der Waals surface area contributed by atoms with Crippen molar-refractivity contribution in [3.8, 4) is 17.2 Å². The highest BCUT2D eigenvalue weighted by Crippen LogP contribution is 2.35. The van der Waals surface area contributed by atoms with E-state index in [0.29, 0.717) is 29.4 Å². The van der Waals surface area contributed by atoms with E-state index in [4.69, 9.17) is 19.9 Å². The molecule has 0 saturated heterocycles. The molecule has 1 heterocycles. The predicted molar refractivity (Wildman–Crippen MR) is 91.7 cm³/mol. The van der Waals surface area contributed by atoms with Crippen molar-refractivity contribution in [1.29, 1.82) is 0 Å². The van der Waals surface area contributed by atoms with E-state index in [2.05, 4.69) is 0 Å². The van der Waals surface area contributed by atoms with Gasteiger partial charge in [-0.25, -0.2) is 0 Å². The molecule has 25 heavy (non-hydrogen) atoms. The van der Waals surface area contributed by atoms with E-state index in [9.17, 15) is 9.59 Å². The number of allylic oxidation sites excluding steroid dienone is 1. The number of hydrogen-bond donors (Lipinski definition) is 1. The Balaban J connectivity index is 1.86. The number of rotatable bonds is 6. The fourth-order valence-electron chi connectivity index (χ4n) is 2.44. The molecule has 0 atom stereocenters. The van der Waals surface area contributed by atoms with Gasteiger partial charge in [-0.3, -0.25) is 9.59 Å². The lowest BCUT2D eigenvalue weighted by molar-refractivity contribution is -0.119. The smallest absolute Gasteiger partial charge is 0.255 e. The Kier molecular flexibility index (Phi) is 4.70. The third-order valence-corrected chi connectivity index (χ3v) is 3.53. The molecule has 1 amide bonds. The summed E-state index contributed by atoms with van der Waals surface area (Å²) in [7, 11) is 0. The van der Waals surface area contributed by atoms with Gasteiger partial charge in [-0.15, -0.1) is 0 Å². The fourth-order valence-corrected chi connectivity index (χ4v) is 2.44. The van der Waals surface area contributed by atoms with E-state index < -0.39 is 5.91 Å². The van der Waals surface area contributed by atoms with E-state index in [1.807, 2.05) is 31.2 Å². The van der Waals surface area contributed by atoms with Crippen LogP contribution < -0.4 is 19.9 Å². The molecule has 2 aromatic rings. The zero-order valence-corrected chi connectivity index (χ0v) is 13.7. The lowest BCUT2D eigenvalue weighted by Crippen LogP contribution is -2.19. The number of benzene rings is 2. The van der Waals surface area contributed by atoms with Crippen LogP contribution in [-0.4, -0.2) is 24.9 Å². The highest BCUT2D eigenvalue weighted by Gasteiger charge is 2.28. The summed E-state index contributed by atoms with van der Waals surface area (Å²) >= 11 is 0. The summed E-state index contributed by atoms with van der Waals surface area (Å²) in [5, 5.41) is 0. The van der Waals surface area contributed by atoms with Crippen LogP contribution in [0.2, 0.25) is 0 Å². The number of carbonyl (C=O) groups is 2. The van der Waals surface area contributed by atoms with Gasteiger partial charge in [0.25, 0.3) is 5.91 Å². The van der Waals surface area contributed by atoms with Crippen molar-refractivity contribution in [1.82, 2.24) is 0 Å². The second-order valence-electron chi connectivity index (χ2n) is 5.32. The van der Waals surface area contributed by atoms with E-state index in [-0.39, 0.29) is 18.1 Å².